The molecule has 74 valence electrons. The van der Waals surface area contributed by atoms with Gasteiger partial charge in [0.05, 0.1) is 0 Å². The molecule has 0 aromatic rings. The number of nitrogens with zero attached hydrogens (tertiary/aromatic N) is 1. The number of likely N-dealkylation sites (tertiary alicyclic amines) is 1. The van der Waals surface area contributed by atoms with Crippen LogP contribution in [-0.2, 0) is 4.79 Å². The molecule has 0 radical (unpaired) electrons. The Morgan fingerprint density at radius 3 is 3.08 bits per heavy atom. The van der Waals surface area contributed by atoms with E-state index in [1.165, 1.54) is 0 Å². The van der Waals surface area contributed by atoms with Crippen LogP contribution in [0.25, 0.3) is 0 Å². The first-order chi connectivity index (χ1) is 6.18. The molecule has 1 N–H and O–H groups in total. The molecule has 13 heavy (non-hydrogen) atoms. The van der Waals surface area contributed by atoms with E-state index in [2.05, 4.69) is 0 Å². The molecule has 3 nitrogen and oxygen atoms in total. The number of halogens is 1. The number of piperidine rings is 1. The molecule has 0 aromatic heterocycles. The highest BCUT2D eigenvalue weighted by Crippen LogP contribution is 2.12. The largest absolute Gasteiger partial charge is 0.478 e. The second-order valence-electron chi connectivity index (χ2n) is 3.24. The van der Waals surface area contributed by atoms with Crippen molar-refractivity contribution in [2.75, 3.05) is 19.6 Å². The van der Waals surface area contributed by atoms with Gasteiger partial charge in [0.1, 0.15) is 6.17 Å². The number of aliphatic carboxylic acids is 1. The summed E-state index contributed by atoms with van der Waals surface area (Å²) in [6.45, 7) is 1.83. The molecule has 0 saturated carbocycles. The summed E-state index contributed by atoms with van der Waals surface area (Å²) in [5.41, 5.74) is 0. The Morgan fingerprint density at radius 2 is 2.46 bits per heavy atom. The van der Waals surface area contributed by atoms with Crippen molar-refractivity contribution in [2.24, 2.45) is 0 Å². The van der Waals surface area contributed by atoms with Crippen LogP contribution in [-0.4, -0.2) is 41.8 Å². The van der Waals surface area contributed by atoms with Gasteiger partial charge in [-0.3, -0.25) is 4.90 Å². The Balaban J connectivity index is 2.24. The Morgan fingerprint density at radius 1 is 1.69 bits per heavy atom. The van der Waals surface area contributed by atoms with Crippen molar-refractivity contribution in [1.82, 2.24) is 4.90 Å². The summed E-state index contributed by atoms with van der Waals surface area (Å²) >= 11 is 0. The van der Waals surface area contributed by atoms with E-state index < -0.39 is 12.1 Å². The van der Waals surface area contributed by atoms with Crippen LogP contribution in [0.5, 0.6) is 0 Å². The van der Waals surface area contributed by atoms with Gasteiger partial charge in [0.25, 0.3) is 0 Å². The highest BCUT2D eigenvalue weighted by atomic mass is 19.1. The zero-order valence-electron chi connectivity index (χ0n) is 7.45. The predicted octanol–water partition coefficient (Wildman–Crippen LogP) is 1.06. The second-order valence-corrected chi connectivity index (χ2v) is 3.24. The quantitative estimate of drug-likeness (QED) is 0.672. The number of alkyl halides is 1. The van der Waals surface area contributed by atoms with E-state index in [0.717, 1.165) is 19.0 Å². The molecule has 1 fully saturated rings. The van der Waals surface area contributed by atoms with Crippen LogP contribution in [0.1, 0.15) is 12.8 Å². The lowest BCUT2D eigenvalue weighted by molar-refractivity contribution is -0.131. The molecule has 0 bridgehead atoms. The Kier molecular flexibility index (Phi) is 3.89. The van der Waals surface area contributed by atoms with Gasteiger partial charge >= 0.3 is 5.97 Å². The summed E-state index contributed by atoms with van der Waals surface area (Å²) in [5.74, 6) is -0.950. The van der Waals surface area contributed by atoms with Crippen LogP contribution in [0.2, 0.25) is 0 Å². The molecule has 1 rings (SSSR count). The van der Waals surface area contributed by atoms with Crippen LogP contribution in [0.15, 0.2) is 12.2 Å². The van der Waals surface area contributed by atoms with E-state index >= 15 is 0 Å². The molecule has 1 atom stereocenters. The molecule has 1 unspecified atom stereocenters. The fourth-order valence-corrected chi connectivity index (χ4v) is 1.47. The summed E-state index contributed by atoms with van der Waals surface area (Å²) in [6.07, 6.45) is 3.41. The van der Waals surface area contributed by atoms with Crippen molar-refractivity contribution < 1.29 is 14.3 Å². The summed E-state index contributed by atoms with van der Waals surface area (Å²) in [5, 5.41) is 8.32. The van der Waals surface area contributed by atoms with Gasteiger partial charge in [0.15, 0.2) is 0 Å². The minimum Gasteiger partial charge on any atom is -0.478 e. The van der Waals surface area contributed by atoms with E-state index in [1.54, 1.807) is 6.08 Å². The zero-order chi connectivity index (χ0) is 9.68. The second kappa shape index (κ2) is 4.97. The monoisotopic (exact) mass is 187 g/mol. The number of hydrogen-bond acceptors (Lipinski definition) is 2. The maximum Gasteiger partial charge on any atom is 0.328 e. The zero-order valence-corrected chi connectivity index (χ0v) is 7.45. The van der Waals surface area contributed by atoms with Crippen LogP contribution in [0, 0.1) is 0 Å². The lowest BCUT2D eigenvalue weighted by atomic mass is 10.1. The van der Waals surface area contributed by atoms with Gasteiger partial charge in [-0.05, 0) is 19.4 Å². The molecule has 0 aliphatic carbocycles. The maximum atomic E-state index is 12.8. The van der Waals surface area contributed by atoms with E-state index in [1.807, 2.05) is 4.90 Å². The molecule has 4 heteroatoms. The molecular weight excluding hydrogens is 173 g/mol. The van der Waals surface area contributed by atoms with Crippen LogP contribution in [0.3, 0.4) is 0 Å². The molecule has 1 aliphatic heterocycles. The summed E-state index contributed by atoms with van der Waals surface area (Å²) in [6, 6.07) is 0. The van der Waals surface area contributed by atoms with Gasteiger partial charge in [-0.2, -0.15) is 0 Å². The average Bonchev–Trinajstić information content (AvgIpc) is 2.03. The molecule has 1 heterocycles. The molecule has 0 aromatic carbocycles. The average molecular weight is 187 g/mol. The maximum absolute atomic E-state index is 12.8. The first kappa shape index (κ1) is 10.2. The smallest absolute Gasteiger partial charge is 0.328 e. The van der Waals surface area contributed by atoms with E-state index in [0.29, 0.717) is 19.5 Å². The Bertz CT molecular complexity index is 206. The fraction of sp³-hybridized carbons (Fsp3) is 0.667. The highest BCUT2D eigenvalue weighted by Gasteiger charge is 2.17. The lowest BCUT2D eigenvalue weighted by Crippen LogP contribution is -2.36. The van der Waals surface area contributed by atoms with Crippen molar-refractivity contribution in [1.29, 1.82) is 0 Å². The normalized spacial score (nSPS) is 25.2. The molecule has 0 spiro atoms. The van der Waals surface area contributed by atoms with Gasteiger partial charge in [-0.1, -0.05) is 6.08 Å². The standard InChI is InChI=1S/C9H14FNO2/c10-8-3-1-5-11(7-8)6-2-4-9(12)13/h2,4,8H,1,3,5-7H2,(H,12,13)/b4-2+. The topological polar surface area (TPSA) is 40.5 Å². The fourth-order valence-electron chi connectivity index (χ4n) is 1.47. The third-order valence-electron chi connectivity index (χ3n) is 2.07. The summed E-state index contributed by atoms with van der Waals surface area (Å²) < 4.78 is 12.8. The Labute approximate surface area is 76.8 Å². The van der Waals surface area contributed by atoms with Crippen molar-refractivity contribution in [3.05, 3.63) is 12.2 Å². The number of rotatable bonds is 3. The van der Waals surface area contributed by atoms with Crippen molar-refractivity contribution in [2.45, 2.75) is 19.0 Å². The third-order valence-corrected chi connectivity index (χ3v) is 2.07. The SMILES string of the molecule is O=C(O)/C=C/CN1CCCC(F)C1. The van der Waals surface area contributed by atoms with Crippen molar-refractivity contribution >= 4 is 5.97 Å². The first-order valence-corrected chi connectivity index (χ1v) is 4.44. The molecule has 0 amide bonds. The summed E-state index contributed by atoms with van der Waals surface area (Å²) in [7, 11) is 0. The molecular formula is C9H14FNO2. The van der Waals surface area contributed by atoms with Crippen LogP contribution < -0.4 is 0 Å². The third kappa shape index (κ3) is 4.03. The minimum absolute atomic E-state index is 0.434. The number of carboxylic acids is 1. The molecule has 1 aliphatic rings. The lowest BCUT2D eigenvalue weighted by Gasteiger charge is -2.27. The van der Waals surface area contributed by atoms with Crippen molar-refractivity contribution in [3.8, 4) is 0 Å². The highest BCUT2D eigenvalue weighted by molar-refractivity contribution is 5.79. The number of carbonyl (C=O) groups is 1. The number of carboxylic acid groups (broad SMARTS) is 1. The summed E-state index contributed by atoms with van der Waals surface area (Å²) in [4.78, 5) is 12.1. The van der Waals surface area contributed by atoms with Gasteiger partial charge in [-0.25, -0.2) is 9.18 Å². The van der Waals surface area contributed by atoms with Gasteiger partial charge in [0.2, 0.25) is 0 Å². The van der Waals surface area contributed by atoms with Crippen LogP contribution in [0.4, 0.5) is 4.39 Å². The van der Waals surface area contributed by atoms with Gasteiger partial charge < -0.3 is 5.11 Å². The first-order valence-electron chi connectivity index (χ1n) is 4.44. The van der Waals surface area contributed by atoms with Crippen LogP contribution >= 0.6 is 0 Å². The van der Waals surface area contributed by atoms with E-state index in [4.69, 9.17) is 5.11 Å². The van der Waals surface area contributed by atoms with Gasteiger partial charge in [0, 0.05) is 19.2 Å². The molecule has 1 saturated heterocycles. The number of hydrogen-bond donors (Lipinski definition) is 1. The Hall–Kier alpha value is -0.900. The van der Waals surface area contributed by atoms with E-state index in [9.17, 15) is 9.18 Å². The van der Waals surface area contributed by atoms with Gasteiger partial charge in [-0.15, -0.1) is 0 Å². The van der Waals surface area contributed by atoms with Crippen molar-refractivity contribution in [3.63, 3.8) is 0 Å². The minimum atomic E-state index is -0.950. The predicted molar refractivity (Wildman–Crippen MR) is 47.3 cm³/mol. The van der Waals surface area contributed by atoms with E-state index in [-0.39, 0.29) is 0 Å².